The van der Waals surface area contributed by atoms with Crippen molar-refractivity contribution in [1.29, 1.82) is 0 Å². The van der Waals surface area contributed by atoms with Crippen molar-refractivity contribution in [2.75, 3.05) is 34.4 Å². The van der Waals surface area contributed by atoms with Gasteiger partial charge in [-0.05, 0) is 42.0 Å². The molecule has 2 aromatic rings. The van der Waals surface area contributed by atoms with Crippen LogP contribution in [0.4, 0.5) is 0 Å². The molecule has 3 N–H and O–H groups in total. The number of hydrogen-bond donors (Lipinski definition) is 3. The molecule has 0 aliphatic carbocycles. The number of nitrogens with one attached hydrogen (secondary N) is 3. The number of hydrogen-bond acceptors (Lipinski definition) is 4. The van der Waals surface area contributed by atoms with Crippen LogP contribution in [-0.4, -0.2) is 46.2 Å². The van der Waals surface area contributed by atoms with E-state index in [1.54, 1.807) is 33.4 Å². The monoisotopic (exact) mass is 448 g/mol. The van der Waals surface area contributed by atoms with Gasteiger partial charge < -0.3 is 25.4 Å². The number of nitrogens with zero attached hydrogens (tertiary/aromatic N) is 1. The summed E-state index contributed by atoms with van der Waals surface area (Å²) in [4.78, 5) is 16.3. The number of aliphatic imine (C=N–C) groups is 1. The predicted octanol–water partition coefficient (Wildman–Crippen LogP) is 2.56. The lowest BCUT2D eigenvalue weighted by Crippen LogP contribution is -2.41. The molecule has 0 fully saturated rings. The lowest BCUT2D eigenvalue weighted by molar-refractivity contribution is 0.0954. The third-order valence-electron chi connectivity index (χ3n) is 3.94. The van der Waals surface area contributed by atoms with Gasteiger partial charge in [-0.2, -0.15) is 0 Å². The molecule has 0 spiro atoms. The molecule has 8 heteroatoms. The van der Waals surface area contributed by atoms with Gasteiger partial charge in [0.05, 0.1) is 14.2 Å². The fourth-order valence-electron chi connectivity index (χ4n) is 2.46. The van der Waals surface area contributed by atoms with Gasteiger partial charge in [0.15, 0.2) is 17.5 Å². The minimum atomic E-state index is -0.109. The van der Waals surface area contributed by atoms with Crippen molar-refractivity contribution in [3.63, 3.8) is 0 Å². The highest BCUT2D eigenvalue weighted by Crippen LogP contribution is 2.27. The third-order valence-corrected chi connectivity index (χ3v) is 4.47. The van der Waals surface area contributed by atoms with Crippen LogP contribution >= 0.6 is 15.9 Å². The molecule has 0 saturated carbocycles. The number of carbonyl (C=O) groups excluding carboxylic acids is 1. The minimum absolute atomic E-state index is 0.109. The number of carbonyl (C=O) groups is 1. The maximum atomic E-state index is 12.1. The fraction of sp³-hybridized carbons (Fsp3) is 0.300. The van der Waals surface area contributed by atoms with E-state index in [1.807, 2.05) is 30.3 Å². The molecular formula is C20H25BrN4O3. The number of guanidine groups is 1. The van der Waals surface area contributed by atoms with E-state index in [9.17, 15) is 4.79 Å². The number of benzene rings is 2. The Kier molecular flexibility index (Phi) is 8.61. The van der Waals surface area contributed by atoms with Gasteiger partial charge in [0, 0.05) is 36.7 Å². The molecule has 0 aliphatic heterocycles. The summed E-state index contributed by atoms with van der Waals surface area (Å²) in [5, 5.41) is 9.26. The van der Waals surface area contributed by atoms with Crippen LogP contribution in [0.3, 0.4) is 0 Å². The average molecular weight is 449 g/mol. The van der Waals surface area contributed by atoms with E-state index in [0.29, 0.717) is 42.7 Å². The Morgan fingerprint density at radius 2 is 1.64 bits per heavy atom. The third kappa shape index (κ3) is 6.45. The first-order valence-corrected chi connectivity index (χ1v) is 9.56. The highest BCUT2D eigenvalue weighted by atomic mass is 79.9. The van der Waals surface area contributed by atoms with Crippen LogP contribution in [0.5, 0.6) is 11.5 Å². The van der Waals surface area contributed by atoms with Crippen LogP contribution in [0.15, 0.2) is 51.9 Å². The molecule has 2 aromatic carbocycles. The lowest BCUT2D eigenvalue weighted by atomic mass is 10.2. The molecule has 2 rings (SSSR count). The summed E-state index contributed by atoms with van der Waals surface area (Å²) >= 11 is 3.35. The summed E-state index contributed by atoms with van der Waals surface area (Å²) in [6.45, 7) is 1.60. The summed E-state index contributed by atoms with van der Waals surface area (Å²) in [7, 11) is 4.92. The van der Waals surface area contributed by atoms with Crippen LogP contribution in [0.25, 0.3) is 0 Å². The van der Waals surface area contributed by atoms with E-state index < -0.39 is 0 Å². The predicted molar refractivity (Wildman–Crippen MR) is 114 cm³/mol. The SMILES string of the molecule is CN=C(NCCNC(=O)c1ccc(Br)cc1)NCc1ccc(OC)c(OC)c1. The molecule has 1 amide bonds. The van der Waals surface area contributed by atoms with Crippen LogP contribution in [0, 0.1) is 0 Å². The van der Waals surface area contributed by atoms with Crippen LogP contribution in [0.2, 0.25) is 0 Å². The van der Waals surface area contributed by atoms with Crippen LogP contribution < -0.4 is 25.4 Å². The van der Waals surface area contributed by atoms with Gasteiger partial charge in [-0.3, -0.25) is 9.79 Å². The van der Waals surface area contributed by atoms with Gasteiger partial charge in [0.2, 0.25) is 0 Å². The van der Waals surface area contributed by atoms with Gasteiger partial charge >= 0.3 is 0 Å². The quantitative estimate of drug-likeness (QED) is 0.328. The first kappa shape index (κ1) is 21.6. The maximum absolute atomic E-state index is 12.1. The summed E-state index contributed by atoms with van der Waals surface area (Å²) in [5.74, 6) is 1.91. The molecule has 0 aromatic heterocycles. The van der Waals surface area contributed by atoms with Gasteiger partial charge in [0.25, 0.3) is 5.91 Å². The Labute approximate surface area is 173 Å². The number of methoxy groups -OCH3 is 2. The average Bonchev–Trinajstić information content (AvgIpc) is 2.73. The van der Waals surface area contributed by atoms with E-state index >= 15 is 0 Å². The van der Waals surface area contributed by atoms with Gasteiger partial charge in [0.1, 0.15) is 0 Å². The first-order chi connectivity index (χ1) is 13.6. The number of ether oxygens (including phenoxy) is 2. The highest BCUT2D eigenvalue weighted by Gasteiger charge is 2.06. The van der Waals surface area contributed by atoms with Gasteiger partial charge in [-0.25, -0.2) is 0 Å². The molecule has 7 nitrogen and oxygen atoms in total. The largest absolute Gasteiger partial charge is 0.493 e. The Balaban J connectivity index is 1.75. The van der Waals surface area contributed by atoms with E-state index in [1.165, 1.54) is 0 Å². The molecule has 0 bridgehead atoms. The van der Waals surface area contributed by atoms with Crippen molar-refractivity contribution in [3.05, 3.63) is 58.1 Å². The van der Waals surface area contributed by atoms with Crippen molar-refractivity contribution in [2.24, 2.45) is 4.99 Å². The Bertz CT molecular complexity index is 810. The molecule has 28 heavy (non-hydrogen) atoms. The van der Waals surface area contributed by atoms with Crippen molar-refractivity contribution < 1.29 is 14.3 Å². The van der Waals surface area contributed by atoms with Gasteiger partial charge in [-0.15, -0.1) is 0 Å². The zero-order chi connectivity index (χ0) is 20.4. The summed E-state index contributed by atoms with van der Waals surface area (Å²) in [6.07, 6.45) is 0. The molecule has 0 unspecified atom stereocenters. The Hall–Kier alpha value is -2.74. The van der Waals surface area contributed by atoms with Crippen molar-refractivity contribution in [2.45, 2.75) is 6.54 Å². The summed E-state index contributed by atoms with van der Waals surface area (Å²) in [5.41, 5.74) is 1.66. The molecular weight excluding hydrogens is 424 g/mol. The number of rotatable bonds is 8. The highest BCUT2D eigenvalue weighted by molar-refractivity contribution is 9.10. The van der Waals surface area contributed by atoms with Gasteiger partial charge in [-0.1, -0.05) is 22.0 Å². The normalized spacial score (nSPS) is 10.9. The van der Waals surface area contributed by atoms with E-state index in [4.69, 9.17) is 9.47 Å². The minimum Gasteiger partial charge on any atom is -0.493 e. The van der Waals surface area contributed by atoms with Crippen molar-refractivity contribution in [3.8, 4) is 11.5 Å². The van der Waals surface area contributed by atoms with Crippen molar-refractivity contribution in [1.82, 2.24) is 16.0 Å². The standard InChI is InChI=1S/C20H25BrN4O3/c1-22-20(25-13-14-4-9-17(27-2)18(12-14)28-3)24-11-10-23-19(26)15-5-7-16(21)8-6-15/h4-9,12H,10-11,13H2,1-3H3,(H,23,26)(H2,22,24,25). The van der Waals surface area contributed by atoms with E-state index in [0.717, 1.165) is 10.0 Å². The van der Waals surface area contributed by atoms with Crippen molar-refractivity contribution >= 4 is 27.8 Å². The molecule has 0 atom stereocenters. The second kappa shape index (κ2) is 11.2. The molecule has 0 saturated heterocycles. The summed E-state index contributed by atoms with van der Waals surface area (Å²) in [6, 6.07) is 13.0. The first-order valence-electron chi connectivity index (χ1n) is 8.76. The number of amides is 1. The Morgan fingerprint density at radius 1 is 0.964 bits per heavy atom. The maximum Gasteiger partial charge on any atom is 0.251 e. The van der Waals surface area contributed by atoms with Crippen LogP contribution in [-0.2, 0) is 6.54 Å². The fourth-order valence-corrected chi connectivity index (χ4v) is 2.72. The zero-order valence-corrected chi connectivity index (χ0v) is 17.8. The molecule has 0 aliphatic rings. The topological polar surface area (TPSA) is 84.0 Å². The smallest absolute Gasteiger partial charge is 0.251 e. The molecule has 150 valence electrons. The molecule has 0 radical (unpaired) electrons. The zero-order valence-electron chi connectivity index (χ0n) is 16.2. The molecule has 0 heterocycles. The lowest BCUT2D eigenvalue weighted by Gasteiger charge is -2.14. The van der Waals surface area contributed by atoms with Crippen LogP contribution in [0.1, 0.15) is 15.9 Å². The van der Waals surface area contributed by atoms with E-state index in [-0.39, 0.29) is 5.91 Å². The summed E-state index contributed by atoms with van der Waals surface area (Å²) < 4.78 is 11.5. The Morgan fingerprint density at radius 3 is 2.29 bits per heavy atom. The second-order valence-corrected chi connectivity index (χ2v) is 6.72. The number of halogens is 1. The van der Waals surface area contributed by atoms with E-state index in [2.05, 4.69) is 36.9 Å². The second-order valence-electron chi connectivity index (χ2n) is 5.80.